The molecule has 0 aromatic carbocycles. The molecular formula is C21H23N5O3S. The Labute approximate surface area is 178 Å². The standard InChI is InChI=1S/C21H23N5O3S/c1-14-4-8-22-17(12-14)23-21(28)15-5-9-26(10-6-15)19(27)3-2-18-24-20(25-29-18)16-7-11-30-13-16/h4,7-8,11-13,15H,2-3,5-6,9-10H2,1H3,(H,22,23,28). The lowest BCUT2D eigenvalue weighted by Crippen LogP contribution is -2.41. The lowest BCUT2D eigenvalue weighted by molar-refractivity contribution is -0.134. The van der Waals surface area contributed by atoms with E-state index in [1.54, 1.807) is 17.5 Å². The van der Waals surface area contributed by atoms with Crippen molar-refractivity contribution in [3.8, 4) is 11.4 Å². The van der Waals surface area contributed by atoms with Crippen molar-refractivity contribution in [1.82, 2.24) is 20.0 Å². The van der Waals surface area contributed by atoms with Crippen LogP contribution in [0.4, 0.5) is 5.82 Å². The molecule has 0 radical (unpaired) electrons. The van der Waals surface area contributed by atoms with Gasteiger partial charge < -0.3 is 14.7 Å². The van der Waals surface area contributed by atoms with Gasteiger partial charge in [-0.3, -0.25) is 9.59 Å². The zero-order chi connectivity index (χ0) is 20.9. The minimum Gasteiger partial charge on any atom is -0.343 e. The van der Waals surface area contributed by atoms with Gasteiger partial charge in [-0.2, -0.15) is 16.3 Å². The van der Waals surface area contributed by atoms with Crippen LogP contribution in [-0.2, 0) is 16.0 Å². The zero-order valence-electron chi connectivity index (χ0n) is 16.7. The van der Waals surface area contributed by atoms with Crippen molar-refractivity contribution in [2.45, 2.75) is 32.6 Å². The van der Waals surface area contributed by atoms with Gasteiger partial charge in [-0.1, -0.05) is 5.16 Å². The molecule has 4 rings (SSSR count). The summed E-state index contributed by atoms with van der Waals surface area (Å²) in [5.41, 5.74) is 1.96. The minimum absolute atomic E-state index is 0.0352. The number of aromatic nitrogens is 3. The van der Waals surface area contributed by atoms with Gasteiger partial charge in [0.1, 0.15) is 5.82 Å². The van der Waals surface area contributed by atoms with Gasteiger partial charge in [0.05, 0.1) is 0 Å². The summed E-state index contributed by atoms with van der Waals surface area (Å²) in [5, 5.41) is 10.7. The van der Waals surface area contributed by atoms with Gasteiger partial charge >= 0.3 is 0 Å². The number of anilines is 1. The first kappa shape index (κ1) is 20.2. The lowest BCUT2D eigenvalue weighted by Gasteiger charge is -2.31. The topological polar surface area (TPSA) is 101 Å². The third-order valence-electron chi connectivity index (χ3n) is 5.19. The molecule has 1 aliphatic rings. The van der Waals surface area contributed by atoms with Crippen molar-refractivity contribution < 1.29 is 14.1 Å². The van der Waals surface area contributed by atoms with Crippen LogP contribution in [0, 0.1) is 12.8 Å². The highest BCUT2D eigenvalue weighted by Gasteiger charge is 2.27. The Morgan fingerprint density at radius 1 is 1.30 bits per heavy atom. The summed E-state index contributed by atoms with van der Waals surface area (Å²) in [6.07, 6.45) is 3.70. The number of pyridine rings is 1. The van der Waals surface area contributed by atoms with Crippen LogP contribution in [0.1, 0.15) is 30.7 Å². The Hall–Kier alpha value is -3.07. The van der Waals surface area contributed by atoms with E-state index in [1.165, 1.54) is 0 Å². The maximum Gasteiger partial charge on any atom is 0.228 e. The number of hydrogen-bond acceptors (Lipinski definition) is 7. The van der Waals surface area contributed by atoms with E-state index < -0.39 is 0 Å². The lowest BCUT2D eigenvalue weighted by atomic mass is 9.95. The molecule has 1 fully saturated rings. The fourth-order valence-corrected chi connectivity index (χ4v) is 4.10. The molecule has 1 aliphatic heterocycles. The monoisotopic (exact) mass is 425 g/mol. The molecule has 2 amide bonds. The number of carbonyl (C=O) groups excluding carboxylic acids is 2. The summed E-state index contributed by atoms with van der Waals surface area (Å²) >= 11 is 1.57. The Bertz CT molecular complexity index is 1010. The van der Waals surface area contributed by atoms with Gasteiger partial charge in [-0.15, -0.1) is 0 Å². The highest BCUT2D eigenvalue weighted by atomic mass is 32.1. The second kappa shape index (κ2) is 9.17. The minimum atomic E-state index is -0.111. The number of carbonyl (C=O) groups is 2. The van der Waals surface area contributed by atoms with E-state index in [2.05, 4.69) is 20.4 Å². The van der Waals surface area contributed by atoms with E-state index in [-0.39, 0.29) is 17.7 Å². The Balaban J connectivity index is 1.23. The fourth-order valence-electron chi connectivity index (χ4n) is 3.46. The smallest absolute Gasteiger partial charge is 0.228 e. The largest absolute Gasteiger partial charge is 0.343 e. The first-order chi connectivity index (χ1) is 14.6. The van der Waals surface area contributed by atoms with E-state index in [0.717, 1.165) is 11.1 Å². The van der Waals surface area contributed by atoms with E-state index in [1.807, 2.05) is 40.8 Å². The third kappa shape index (κ3) is 4.91. The molecule has 1 N–H and O–H groups in total. The van der Waals surface area contributed by atoms with Crippen LogP contribution in [0.25, 0.3) is 11.4 Å². The first-order valence-corrected chi connectivity index (χ1v) is 10.9. The van der Waals surface area contributed by atoms with Crippen molar-refractivity contribution in [3.05, 3.63) is 46.6 Å². The molecule has 156 valence electrons. The van der Waals surface area contributed by atoms with Gasteiger partial charge in [0.15, 0.2) is 0 Å². The molecule has 0 atom stereocenters. The Kier molecular flexibility index (Phi) is 6.18. The number of piperidine rings is 1. The molecule has 0 aliphatic carbocycles. The zero-order valence-corrected chi connectivity index (χ0v) is 17.5. The van der Waals surface area contributed by atoms with Gasteiger partial charge in [0.2, 0.25) is 23.5 Å². The summed E-state index contributed by atoms with van der Waals surface area (Å²) in [6, 6.07) is 5.66. The van der Waals surface area contributed by atoms with E-state index in [4.69, 9.17) is 4.52 Å². The average Bonchev–Trinajstić information content (AvgIpc) is 3.44. The molecule has 0 bridgehead atoms. The number of nitrogens with zero attached hydrogens (tertiary/aromatic N) is 4. The Morgan fingerprint density at radius 2 is 2.13 bits per heavy atom. The van der Waals surface area contributed by atoms with Gasteiger partial charge in [-0.25, -0.2) is 4.98 Å². The van der Waals surface area contributed by atoms with Crippen molar-refractivity contribution in [1.29, 1.82) is 0 Å². The van der Waals surface area contributed by atoms with Crippen LogP contribution in [0.3, 0.4) is 0 Å². The van der Waals surface area contributed by atoms with Gasteiger partial charge in [0.25, 0.3) is 0 Å². The molecule has 1 saturated heterocycles. The predicted octanol–water partition coefficient (Wildman–Crippen LogP) is 3.31. The molecule has 3 aromatic heterocycles. The van der Waals surface area contributed by atoms with Crippen molar-refractivity contribution in [3.63, 3.8) is 0 Å². The normalized spacial score (nSPS) is 14.6. The molecule has 8 nitrogen and oxygen atoms in total. The summed E-state index contributed by atoms with van der Waals surface area (Å²) < 4.78 is 5.25. The van der Waals surface area contributed by atoms with Crippen molar-refractivity contribution in [2.75, 3.05) is 18.4 Å². The van der Waals surface area contributed by atoms with Crippen LogP contribution in [0.5, 0.6) is 0 Å². The maximum absolute atomic E-state index is 12.5. The molecule has 4 heterocycles. The number of amides is 2. The molecule has 3 aromatic rings. The van der Waals surface area contributed by atoms with Crippen LogP contribution >= 0.6 is 11.3 Å². The quantitative estimate of drug-likeness (QED) is 0.650. The first-order valence-electron chi connectivity index (χ1n) is 9.95. The highest BCUT2D eigenvalue weighted by molar-refractivity contribution is 7.08. The maximum atomic E-state index is 12.5. The number of rotatable bonds is 6. The van der Waals surface area contributed by atoms with Crippen molar-refractivity contribution >= 4 is 29.0 Å². The fraction of sp³-hybridized carbons (Fsp3) is 0.381. The summed E-state index contributed by atoms with van der Waals surface area (Å²) in [6.45, 7) is 3.10. The number of aryl methyl sites for hydroxylation is 2. The number of likely N-dealkylation sites (tertiary alicyclic amines) is 1. The molecule has 0 unspecified atom stereocenters. The molecular weight excluding hydrogens is 402 g/mol. The van der Waals surface area contributed by atoms with E-state index in [0.29, 0.717) is 56.3 Å². The SMILES string of the molecule is Cc1ccnc(NC(=O)C2CCN(C(=O)CCc3nc(-c4ccsc4)no3)CC2)c1. The van der Waals surface area contributed by atoms with E-state index in [9.17, 15) is 9.59 Å². The second-order valence-electron chi connectivity index (χ2n) is 7.39. The van der Waals surface area contributed by atoms with Crippen LogP contribution in [0.15, 0.2) is 39.7 Å². The summed E-state index contributed by atoms with van der Waals surface area (Å²) in [5.74, 6) is 1.48. The number of thiophene rings is 1. The van der Waals surface area contributed by atoms with Gasteiger partial charge in [-0.05, 0) is 48.9 Å². The van der Waals surface area contributed by atoms with Crippen molar-refractivity contribution in [2.24, 2.45) is 5.92 Å². The van der Waals surface area contributed by atoms with E-state index >= 15 is 0 Å². The predicted molar refractivity (Wildman–Crippen MR) is 113 cm³/mol. The molecule has 0 spiro atoms. The van der Waals surface area contributed by atoms with Crippen LogP contribution in [0.2, 0.25) is 0 Å². The second-order valence-corrected chi connectivity index (χ2v) is 8.17. The van der Waals surface area contributed by atoms with Crippen LogP contribution in [-0.4, -0.2) is 44.9 Å². The third-order valence-corrected chi connectivity index (χ3v) is 5.87. The summed E-state index contributed by atoms with van der Waals surface area (Å²) in [7, 11) is 0. The molecule has 9 heteroatoms. The average molecular weight is 426 g/mol. The number of hydrogen-bond donors (Lipinski definition) is 1. The van der Waals surface area contributed by atoms with Gasteiger partial charge in [0, 0.05) is 49.0 Å². The highest BCUT2D eigenvalue weighted by Crippen LogP contribution is 2.21. The molecule has 30 heavy (non-hydrogen) atoms. The number of nitrogens with one attached hydrogen (secondary N) is 1. The summed E-state index contributed by atoms with van der Waals surface area (Å²) in [4.78, 5) is 35.4. The van der Waals surface area contributed by atoms with Crippen LogP contribution < -0.4 is 5.32 Å². The molecule has 0 saturated carbocycles. The Morgan fingerprint density at radius 3 is 2.87 bits per heavy atom.